The molecule has 0 bridgehead atoms. The number of nitrogens with zero attached hydrogens (tertiary/aromatic N) is 5. The summed E-state index contributed by atoms with van der Waals surface area (Å²) in [5.74, 6) is -0.617. The maximum absolute atomic E-state index is 12.9. The van der Waals surface area contributed by atoms with Gasteiger partial charge in [-0.05, 0) is 42.7 Å². The number of fused-ring (bicyclic) bond motifs is 1. The van der Waals surface area contributed by atoms with Crippen LogP contribution in [0.4, 0.5) is 5.69 Å². The average Bonchev–Trinajstić information content (AvgIpc) is 3.47. The topological polar surface area (TPSA) is 102 Å². The van der Waals surface area contributed by atoms with Gasteiger partial charge >= 0.3 is 0 Å². The fourth-order valence-electron chi connectivity index (χ4n) is 4.51. The van der Waals surface area contributed by atoms with E-state index < -0.39 is 5.92 Å². The average molecular weight is 485 g/mol. The predicted molar refractivity (Wildman–Crippen MR) is 137 cm³/mol. The van der Waals surface area contributed by atoms with Crippen molar-refractivity contribution in [3.8, 4) is 0 Å². The Morgan fingerprint density at radius 1 is 1.08 bits per heavy atom. The number of aryl methyl sites for hydroxylation is 2. The van der Waals surface area contributed by atoms with Gasteiger partial charge in [0.1, 0.15) is 11.7 Å². The van der Waals surface area contributed by atoms with Crippen LogP contribution in [0.5, 0.6) is 0 Å². The van der Waals surface area contributed by atoms with Gasteiger partial charge < -0.3 is 10.2 Å². The van der Waals surface area contributed by atoms with Crippen molar-refractivity contribution in [3.05, 3.63) is 88.1 Å². The van der Waals surface area contributed by atoms with Crippen LogP contribution < -0.4 is 15.8 Å². The van der Waals surface area contributed by atoms with Gasteiger partial charge in [-0.3, -0.25) is 19.0 Å². The van der Waals surface area contributed by atoms with Gasteiger partial charge in [0.2, 0.25) is 11.8 Å². The summed E-state index contributed by atoms with van der Waals surface area (Å²) in [4.78, 5) is 44.3. The molecular formula is C27H28N6O3. The Bertz CT molecular complexity index is 1490. The molecule has 0 saturated carbocycles. The van der Waals surface area contributed by atoms with Gasteiger partial charge in [-0.1, -0.05) is 36.4 Å². The molecule has 36 heavy (non-hydrogen) atoms. The summed E-state index contributed by atoms with van der Waals surface area (Å²) in [6.07, 6.45) is 3.23. The first-order valence-electron chi connectivity index (χ1n) is 12.0. The SMILES string of the molecule is Cc1ccc(N2CC(C(=O)NCCn3ncc4c(=O)n(Cc5ccccc5)cnc43)CC2=O)cc1C. The van der Waals surface area contributed by atoms with Crippen molar-refractivity contribution in [1.29, 1.82) is 0 Å². The van der Waals surface area contributed by atoms with Crippen molar-refractivity contribution in [3.63, 3.8) is 0 Å². The van der Waals surface area contributed by atoms with Crippen LogP contribution in [0, 0.1) is 19.8 Å². The number of rotatable bonds is 7. The van der Waals surface area contributed by atoms with Crippen molar-refractivity contribution in [2.75, 3.05) is 18.0 Å². The smallest absolute Gasteiger partial charge is 0.264 e. The molecule has 1 aliphatic heterocycles. The van der Waals surface area contributed by atoms with E-state index in [9.17, 15) is 14.4 Å². The lowest BCUT2D eigenvalue weighted by atomic mass is 10.1. The molecule has 2 aromatic carbocycles. The summed E-state index contributed by atoms with van der Waals surface area (Å²) < 4.78 is 3.18. The Labute approximate surface area is 208 Å². The predicted octanol–water partition coefficient (Wildman–Crippen LogP) is 2.43. The Kier molecular flexibility index (Phi) is 6.37. The molecule has 1 N–H and O–H groups in total. The molecule has 9 nitrogen and oxygen atoms in total. The van der Waals surface area contributed by atoms with Crippen LogP contribution in [0.2, 0.25) is 0 Å². The fourth-order valence-corrected chi connectivity index (χ4v) is 4.51. The van der Waals surface area contributed by atoms with Crippen molar-refractivity contribution < 1.29 is 9.59 Å². The number of hydrogen-bond donors (Lipinski definition) is 1. The number of aromatic nitrogens is 4. The van der Waals surface area contributed by atoms with Gasteiger partial charge in [0.15, 0.2) is 5.65 Å². The molecule has 1 fully saturated rings. The zero-order chi connectivity index (χ0) is 25.2. The number of nitrogens with one attached hydrogen (secondary N) is 1. The molecule has 1 aliphatic rings. The summed E-state index contributed by atoms with van der Waals surface area (Å²) in [5, 5.41) is 7.65. The van der Waals surface area contributed by atoms with Gasteiger partial charge in [0, 0.05) is 25.2 Å². The minimum absolute atomic E-state index is 0.0487. The first kappa shape index (κ1) is 23.5. The summed E-state index contributed by atoms with van der Waals surface area (Å²) >= 11 is 0. The van der Waals surface area contributed by atoms with Crippen molar-refractivity contribution in [2.45, 2.75) is 33.4 Å². The molecule has 1 unspecified atom stereocenters. The summed E-state index contributed by atoms with van der Waals surface area (Å²) in [7, 11) is 0. The Hall–Kier alpha value is -4.27. The van der Waals surface area contributed by atoms with Gasteiger partial charge in [0.05, 0.1) is 25.2 Å². The molecule has 0 spiro atoms. The molecule has 4 aromatic rings. The third kappa shape index (κ3) is 4.64. The summed E-state index contributed by atoms with van der Waals surface area (Å²) in [6.45, 7) is 5.52. The molecule has 1 saturated heterocycles. The normalized spacial score (nSPS) is 15.6. The molecule has 1 atom stereocenters. The molecule has 2 aromatic heterocycles. The molecule has 2 amide bonds. The van der Waals surface area contributed by atoms with E-state index in [1.807, 2.05) is 62.4 Å². The molecule has 0 aliphatic carbocycles. The number of carbonyl (C=O) groups excluding carboxylic acids is 2. The van der Waals surface area contributed by atoms with E-state index >= 15 is 0 Å². The lowest BCUT2D eigenvalue weighted by molar-refractivity contribution is -0.126. The first-order chi connectivity index (χ1) is 17.4. The number of anilines is 1. The second-order valence-corrected chi connectivity index (χ2v) is 9.23. The first-order valence-corrected chi connectivity index (χ1v) is 12.0. The largest absolute Gasteiger partial charge is 0.354 e. The summed E-state index contributed by atoms with van der Waals surface area (Å²) in [6, 6.07) is 15.6. The van der Waals surface area contributed by atoms with Crippen molar-refractivity contribution in [2.24, 2.45) is 5.92 Å². The lowest BCUT2D eigenvalue weighted by Crippen LogP contribution is -2.35. The number of carbonyl (C=O) groups is 2. The lowest BCUT2D eigenvalue weighted by Gasteiger charge is -2.18. The third-order valence-corrected chi connectivity index (χ3v) is 6.74. The monoisotopic (exact) mass is 484 g/mol. The van der Waals surface area contributed by atoms with E-state index in [1.165, 1.54) is 12.5 Å². The van der Waals surface area contributed by atoms with Crippen LogP contribution in [0.1, 0.15) is 23.1 Å². The van der Waals surface area contributed by atoms with Crippen LogP contribution in [0.25, 0.3) is 11.0 Å². The standard InChI is InChI=1S/C27H28N6O3/c1-18-8-9-22(12-19(18)2)32-16-21(13-24(32)34)26(35)28-10-11-33-25-23(14-30-33)27(36)31(17-29-25)15-20-6-4-3-5-7-20/h3-9,12,14,17,21H,10-11,13,15-16H2,1-2H3,(H,28,35). The maximum Gasteiger partial charge on any atom is 0.264 e. The number of amides is 2. The Balaban J connectivity index is 1.20. The minimum Gasteiger partial charge on any atom is -0.354 e. The number of hydrogen-bond acceptors (Lipinski definition) is 5. The second kappa shape index (κ2) is 9.77. The Morgan fingerprint density at radius 3 is 2.67 bits per heavy atom. The van der Waals surface area contributed by atoms with Crippen LogP contribution in [0.3, 0.4) is 0 Å². The van der Waals surface area contributed by atoms with Crippen LogP contribution in [-0.4, -0.2) is 44.2 Å². The van der Waals surface area contributed by atoms with Gasteiger partial charge in [-0.2, -0.15) is 5.10 Å². The van der Waals surface area contributed by atoms with Crippen LogP contribution in [0.15, 0.2) is 65.8 Å². The quantitative estimate of drug-likeness (QED) is 0.434. The van der Waals surface area contributed by atoms with E-state index in [0.717, 1.165) is 22.4 Å². The maximum atomic E-state index is 12.9. The zero-order valence-corrected chi connectivity index (χ0v) is 20.3. The van der Waals surface area contributed by atoms with Gasteiger partial charge in [-0.15, -0.1) is 0 Å². The van der Waals surface area contributed by atoms with E-state index in [4.69, 9.17) is 0 Å². The Morgan fingerprint density at radius 2 is 1.89 bits per heavy atom. The zero-order valence-electron chi connectivity index (χ0n) is 20.3. The highest BCUT2D eigenvalue weighted by Gasteiger charge is 2.35. The second-order valence-electron chi connectivity index (χ2n) is 9.23. The van der Waals surface area contributed by atoms with Crippen molar-refractivity contribution in [1.82, 2.24) is 24.6 Å². The molecule has 184 valence electrons. The molecule has 5 rings (SSSR count). The fraction of sp³-hybridized carbons (Fsp3) is 0.296. The van der Waals surface area contributed by atoms with E-state index in [2.05, 4.69) is 15.4 Å². The van der Waals surface area contributed by atoms with Gasteiger partial charge in [0.25, 0.3) is 5.56 Å². The molecule has 0 radical (unpaired) electrons. The molecule has 3 heterocycles. The third-order valence-electron chi connectivity index (χ3n) is 6.74. The number of benzene rings is 2. The van der Waals surface area contributed by atoms with Crippen molar-refractivity contribution >= 4 is 28.5 Å². The highest BCUT2D eigenvalue weighted by Crippen LogP contribution is 2.27. The van der Waals surface area contributed by atoms with E-state index in [1.54, 1.807) is 14.1 Å². The van der Waals surface area contributed by atoms with E-state index in [0.29, 0.717) is 37.2 Å². The van der Waals surface area contributed by atoms with Crippen LogP contribution in [-0.2, 0) is 22.7 Å². The van der Waals surface area contributed by atoms with E-state index in [-0.39, 0.29) is 23.8 Å². The summed E-state index contributed by atoms with van der Waals surface area (Å²) in [5.41, 5.74) is 4.43. The highest BCUT2D eigenvalue weighted by atomic mass is 16.2. The molecular weight excluding hydrogens is 456 g/mol. The van der Waals surface area contributed by atoms with Crippen LogP contribution >= 0.6 is 0 Å². The highest BCUT2D eigenvalue weighted by molar-refractivity contribution is 6.00. The van der Waals surface area contributed by atoms with Gasteiger partial charge in [-0.25, -0.2) is 9.67 Å². The molecule has 9 heteroatoms. The minimum atomic E-state index is -0.406.